The van der Waals surface area contributed by atoms with Crippen LogP contribution in [-0.4, -0.2) is 19.0 Å². The molecular formula is C10H17N. The highest BCUT2D eigenvalue weighted by atomic mass is 15.1. The van der Waals surface area contributed by atoms with Crippen molar-refractivity contribution in [2.24, 2.45) is 5.41 Å². The fourth-order valence-electron chi connectivity index (χ4n) is 1.51. The molecule has 0 aromatic rings. The van der Waals surface area contributed by atoms with Gasteiger partial charge < -0.3 is 4.90 Å². The van der Waals surface area contributed by atoms with Crippen molar-refractivity contribution < 1.29 is 0 Å². The molecule has 0 bridgehead atoms. The van der Waals surface area contributed by atoms with Crippen molar-refractivity contribution in [1.29, 1.82) is 0 Å². The van der Waals surface area contributed by atoms with Gasteiger partial charge in [-0.05, 0) is 19.8 Å². The van der Waals surface area contributed by atoms with E-state index in [4.69, 9.17) is 0 Å². The predicted molar refractivity (Wildman–Crippen MR) is 49.3 cm³/mol. The lowest BCUT2D eigenvalue weighted by atomic mass is 9.95. The van der Waals surface area contributed by atoms with Crippen LogP contribution in [0, 0.1) is 5.41 Å². The van der Waals surface area contributed by atoms with Gasteiger partial charge in [-0.2, -0.15) is 0 Å². The molecule has 0 heterocycles. The molecule has 1 fully saturated rings. The fourth-order valence-corrected chi connectivity index (χ4v) is 1.51. The smallest absolute Gasteiger partial charge is 0.0300 e. The van der Waals surface area contributed by atoms with Crippen molar-refractivity contribution >= 4 is 0 Å². The van der Waals surface area contributed by atoms with Crippen LogP contribution in [0.15, 0.2) is 24.4 Å². The van der Waals surface area contributed by atoms with E-state index in [9.17, 15) is 0 Å². The molecular weight excluding hydrogens is 134 g/mol. The van der Waals surface area contributed by atoms with Gasteiger partial charge in [0.05, 0.1) is 0 Å². The molecule has 1 heteroatoms. The number of nitrogens with zero attached hydrogens (tertiary/aromatic N) is 1. The first-order chi connectivity index (χ1) is 5.00. The normalized spacial score (nSPS) is 19.2. The monoisotopic (exact) mass is 151 g/mol. The van der Waals surface area contributed by atoms with E-state index < -0.39 is 0 Å². The van der Waals surface area contributed by atoms with Crippen molar-refractivity contribution in [3.8, 4) is 0 Å². The van der Waals surface area contributed by atoms with E-state index in [0.717, 1.165) is 0 Å². The minimum Gasteiger partial charge on any atom is -0.381 e. The molecule has 0 aliphatic heterocycles. The van der Waals surface area contributed by atoms with Crippen LogP contribution in [0.3, 0.4) is 0 Å². The Balaban J connectivity index is 2.74. The van der Waals surface area contributed by atoms with Crippen LogP contribution in [0.2, 0.25) is 0 Å². The molecule has 0 amide bonds. The first kappa shape index (κ1) is 8.38. The number of hydrogen-bond acceptors (Lipinski definition) is 1. The molecule has 1 aliphatic carbocycles. The van der Waals surface area contributed by atoms with Crippen molar-refractivity contribution in [3.05, 3.63) is 24.4 Å². The van der Waals surface area contributed by atoms with Crippen LogP contribution in [0.4, 0.5) is 0 Å². The van der Waals surface area contributed by atoms with Gasteiger partial charge in [-0.3, -0.25) is 0 Å². The summed E-state index contributed by atoms with van der Waals surface area (Å²) >= 11 is 0. The molecule has 0 atom stereocenters. The standard InChI is InChI=1S/C10H17N/c1-8(2)10(6-7-10)9(3)11(4)5/h1,3,6-7H2,2,4-5H3. The molecule has 1 rings (SSSR count). The van der Waals surface area contributed by atoms with Crippen LogP contribution in [-0.2, 0) is 0 Å². The molecule has 1 saturated carbocycles. The fraction of sp³-hybridized carbons (Fsp3) is 0.600. The Kier molecular flexibility index (Phi) is 1.83. The van der Waals surface area contributed by atoms with Crippen LogP contribution in [0.5, 0.6) is 0 Å². The molecule has 0 aromatic carbocycles. The van der Waals surface area contributed by atoms with Crippen LogP contribution >= 0.6 is 0 Å². The van der Waals surface area contributed by atoms with Gasteiger partial charge >= 0.3 is 0 Å². The minimum atomic E-state index is 0.267. The summed E-state index contributed by atoms with van der Waals surface area (Å²) < 4.78 is 0. The lowest BCUT2D eigenvalue weighted by Gasteiger charge is -2.25. The third-order valence-corrected chi connectivity index (χ3v) is 2.66. The number of rotatable bonds is 3. The summed E-state index contributed by atoms with van der Waals surface area (Å²) in [6.07, 6.45) is 2.47. The molecule has 0 radical (unpaired) electrons. The van der Waals surface area contributed by atoms with E-state index >= 15 is 0 Å². The van der Waals surface area contributed by atoms with Crippen molar-refractivity contribution in [1.82, 2.24) is 4.90 Å². The molecule has 62 valence electrons. The molecule has 0 saturated heterocycles. The highest BCUT2D eigenvalue weighted by molar-refractivity contribution is 5.30. The van der Waals surface area contributed by atoms with Gasteiger partial charge in [0, 0.05) is 25.2 Å². The van der Waals surface area contributed by atoms with Gasteiger partial charge in [-0.15, -0.1) is 0 Å². The quantitative estimate of drug-likeness (QED) is 0.560. The van der Waals surface area contributed by atoms with E-state index in [2.05, 4.69) is 25.0 Å². The maximum absolute atomic E-state index is 4.07. The number of allylic oxidation sites excluding steroid dienone is 1. The van der Waals surface area contributed by atoms with Gasteiger partial charge in [0.2, 0.25) is 0 Å². The van der Waals surface area contributed by atoms with E-state index in [0.29, 0.717) is 0 Å². The largest absolute Gasteiger partial charge is 0.381 e. The molecule has 11 heavy (non-hydrogen) atoms. The maximum Gasteiger partial charge on any atom is 0.0300 e. The summed E-state index contributed by atoms with van der Waals surface area (Å²) in [7, 11) is 4.09. The van der Waals surface area contributed by atoms with Crippen LogP contribution in [0.25, 0.3) is 0 Å². The van der Waals surface area contributed by atoms with E-state index in [1.165, 1.54) is 24.1 Å². The average Bonchev–Trinajstić information content (AvgIpc) is 2.65. The second kappa shape index (κ2) is 2.40. The van der Waals surface area contributed by atoms with E-state index in [1.807, 2.05) is 14.1 Å². The summed E-state index contributed by atoms with van der Waals surface area (Å²) in [5, 5.41) is 0. The Labute approximate surface area is 69.4 Å². The Morgan fingerprint density at radius 2 is 1.73 bits per heavy atom. The zero-order chi connectivity index (χ0) is 8.65. The van der Waals surface area contributed by atoms with E-state index in [-0.39, 0.29) is 5.41 Å². The van der Waals surface area contributed by atoms with Gasteiger partial charge in [0.1, 0.15) is 0 Å². The second-order valence-electron chi connectivity index (χ2n) is 3.70. The first-order valence-electron chi connectivity index (χ1n) is 4.03. The topological polar surface area (TPSA) is 3.24 Å². The summed E-state index contributed by atoms with van der Waals surface area (Å²) in [5.41, 5.74) is 2.74. The number of hydrogen-bond donors (Lipinski definition) is 0. The first-order valence-corrected chi connectivity index (χ1v) is 4.03. The highest BCUT2D eigenvalue weighted by Gasteiger charge is 2.46. The molecule has 0 N–H and O–H groups in total. The SMILES string of the molecule is C=C(C)C1(C(=C)N(C)C)CC1. The summed E-state index contributed by atoms with van der Waals surface area (Å²) in [6.45, 7) is 10.2. The van der Waals surface area contributed by atoms with Gasteiger partial charge in [0.15, 0.2) is 0 Å². The average molecular weight is 151 g/mol. The second-order valence-corrected chi connectivity index (χ2v) is 3.70. The lowest BCUT2D eigenvalue weighted by Crippen LogP contribution is -2.19. The third-order valence-electron chi connectivity index (χ3n) is 2.66. The molecule has 0 aromatic heterocycles. The Morgan fingerprint density at radius 3 is 1.82 bits per heavy atom. The molecule has 1 nitrogen and oxygen atoms in total. The van der Waals surface area contributed by atoms with Crippen LogP contribution in [0.1, 0.15) is 19.8 Å². The third kappa shape index (κ3) is 1.20. The lowest BCUT2D eigenvalue weighted by molar-refractivity contribution is 0.436. The maximum atomic E-state index is 4.07. The minimum absolute atomic E-state index is 0.267. The van der Waals surface area contributed by atoms with Gasteiger partial charge in [-0.1, -0.05) is 18.7 Å². The zero-order valence-electron chi connectivity index (χ0n) is 7.78. The Hall–Kier alpha value is -0.720. The molecule has 1 aliphatic rings. The molecule has 0 spiro atoms. The Bertz CT molecular complexity index is 197. The highest BCUT2D eigenvalue weighted by Crippen LogP contribution is 2.56. The van der Waals surface area contributed by atoms with Gasteiger partial charge in [0.25, 0.3) is 0 Å². The van der Waals surface area contributed by atoms with E-state index in [1.54, 1.807) is 0 Å². The summed E-state index contributed by atoms with van der Waals surface area (Å²) in [6, 6.07) is 0. The van der Waals surface area contributed by atoms with Crippen LogP contribution < -0.4 is 0 Å². The zero-order valence-corrected chi connectivity index (χ0v) is 7.78. The Morgan fingerprint density at radius 1 is 1.27 bits per heavy atom. The van der Waals surface area contributed by atoms with Crippen molar-refractivity contribution in [2.45, 2.75) is 19.8 Å². The molecule has 0 unspecified atom stereocenters. The summed E-state index contributed by atoms with van der Waals surface area (Å²) in [4.78, 5) is 2.10. The summed E-state index contributed by atoms with van der Waals surface area (Å²) in [5.74, 6) is 0. The van der Waals surface area contributed by atoms with Gasteiger partial charge in [-0.25, -0.2) is 0 Å². The predicted octanol–water partition coefficient (Wildman–Crippen LogP) is 2.42. The van der Waals surface area contributed by atoms with Crippen molar-refractivity contribution in [2.75, 3.05) is 14.1 Å². The van der Waals surface area contributed by atoms with Crippen molar-refractivity contribution in [3.63, 3.8) is 0 Å².